The normalized spacial score (nSPS) is 17.9. The smallest absolute Gasteiger partial charge is 0.256 e. The summed E-state index contributed by atoms with van der Waals surface area (Å²) < 4.78 is 20.8. The molecular weight excluding hydrogens is 471 g/mol. The van der Waals surface area contributed by atoms with Gasteiger partial charge in [0.15, 0.2) is 0 Å². The van der Waals surface area contributed by atoms with E-state index in [1.807, 2.05) is 6.92 Å². The zero-order chi connectivity index (χ0) is 25.8. The minimum absolute atomic E-state index is 0.0664. The third kappa shape index (κ3) is 5.45. The van der Waals surface area contributed by atoms with Crippen LogP contribution in [0.1, 0.15) is 40.5 Å². The molecule has 2 aliphatic rings. The number of rotatable bonds is 4. The zero-order valence-electron chi connectivity index (χ0n) is 20.8. The number of anilines is 1. The summed E-state index contributed by atoms with van der Waals surface area (Å²) in [6.45, 7) is 6.37. The lowest BCUT2D eigenvalue weighted by Gasteiger charge is -2.32. The molecule has 2 saturated heterocycles. The molecule has 9 heteroatoms. The Kier molecular flexibility index (Phi) is 7.40. The van der Waals surface area contributed by atoms with E-state index in [1.54, 1.807) is 35.4 Å². The number of aryl methyl sites for hydroxylation is 1. The van der Waals surface area contributed by atoms with E-state index in [9.17, 15) is 4.79 Å². The minimum atomic E-state index is -0.573. The van der Waals surface area contributed by atoms with Gasteiger partial charge in [0.2, 0.25) is 0 Å². The highest BCUT2D eigenvalue weighted by atomic mass is 19.1. The zero-order valence-corrected chi connectivity index (χ0v) is 20.8. The van der Waals surface area contributed by atoms with Crippen LogP contribution in [-0.4, -0.2) is 76.1 Å². The topological polar surface area (TPSA) is 97.5 Å². The van der Waals surface area contributed by atoms with Crippen LogP contribution in [0.4, 0.5) is 10.2 Å². The Bertz CT molecular complexity index is 1350. The number of ether oxygens (including phenoxy) is 1. The average Bonchev–Trinajstić information content (AvgIpc) is 3.43. The molecule has 1 atom stereocenters. The molecule has 37 heavy (non-hydrogen) atoms. The molecule has 2 fully saturated rings. The third-order valence-corrected chi connectivity index (χ3v) is 6.86. The van der Waals surface area contributed by atoms with Gasteiger partial charge in [-0.15, -0.1) is 0 Å². The van der Waals surface area contributed by atoms with Gasteiger partial charge in [0.05, 0.1) is 35.7 Å². The van der Waals surface area contributed by atoms with Crippen molar-refractivity contribution in [3.8, 4) is 23.1 Å². The van der Waals surface area contributed by atoms with Gasteiger partial charge >= 0.3 is 0 Å². The molecule has 2 aliphatic heterocycles. The van der Waals surface area contributed by atoms with Crippen molar-refractivity contribution < 1.29 is 13.9 Å². The summed E-state index contributed by atoms with van der Waals surface area (Å²) in [5, 5.41) is 0. The van der Waals surface area contributed by atoms with Crippen LogP contribution in [0, 0.1) is 17.7 Å². The highest BCUT2D eigenvalue weighted by molar-refractivity contribution is 5.95. The number of pyridine rings is 1. The van der Waals surface area contributed by atoms with Crippen molar-refractivity contribution in [2.45, 2.75) is 25.8 Å². The quantitative estimate of drug-likeness (QED) is 0.550. The maximum Gasteiger partial charge on any atom is 0.256 e. The fourth-order valence-electron chi connectivity index (χ4n) is 4.83. The van der Waals surface area contributed by atoms with Gasteiger partial charge in [-0.2, -0.15) is 0 Å². The van der Waals surface area contributed by atoms with Crippen LogP contribution in [0.25, 0.3) is 11.3 Å². The molecule has 190 valence electrons. The Morgan fingerprint density at radius 3 is 2.70 bits per heavy atom. The number of nitrogen functional groups attached to an aromatic ring is 1. The van der Waals surface area contributed by atoms with Crippen LogP contribution < -0.4 is 5.73 Å². The van der Waals surface area contributed by atoms with E-state index in [1.165, 1.54) is 12.4 Å². The van der Waals surface area contributed by atoms with Gasteiger partial charge in [-0.3, -0.25) is 9.69 Å². The number of likely N-dealkylation sites (tertiary alicyclic amines) is 1. The summed E-state index contributed by atoms with van der Waals surface area (Å²) in [7, 11) is 0. The number of carbonyl (C=O) groups excluding carboxylic acids is 1. The lowest BCUT2D eigenvalue weighted by Crippen LogP contribution is -2.45. The number of carbonyl (C=O) groups is 1. The van der Waals surface area contributed by atoms with E-state index in [0.29, 0.717) is 67.0 Å². The summed E-state index contributed by atoms with van der Waals surface area (Å²) in [6, 6.07) is 8.39. The van der Waals surface area contributed by atoms with E-state index < -0.39 is 5.82 Å². The molecule has 0 spiro atoms. The standard InChI is InChI=1S/C28H29FN6O2/c1-2-25-23(6-3-19-4-8-26(30)31-16-19)27(33-18-32-25)20-5-7-22(24(29)15-20)28(36)35-10-9-21(17-35)34-11-13-37-14-12-34/h4-5,7-8,15-16,18,21H,2,9-14,17H2,1H3,(H2,30,31). The Labute approximate surface area is 215 Å². The van der Waals surface area contributed by atoms with Gasteiger partial charge in [0.1, 0.15) is 18.0 Å². The minimum Gasteiger partial charge on any atom is -0.384 e. The maximum atomic E-state index is 15.3. The lowest BCUT2D eigenvalue weighted by molar-refractivity contribution is 0.0185. The second-order valence-electron chi connectivity index (χ2n) is 9.16. The van der Waals surface area contributed by atoms with Crippen molar-refractivity contribution in [2.24, 2.45) is 0 Å². The highest BCUT2D eigenvalue weighted by Gasteiger charge is 2.32. The number of aromatic nitrogens is 3. The highest BCUT2D eigenvalue weighted by Crippen LogP contribution is 2.27. The molecule has 0 radical (unpaired) electrons. The summed E-state index contributed by atoms with van der Waals surface area (Å²) in [4.78, 5) is 30.1. The second kappa shape index (κ2) is 11.0. The number of amides is 1. The molecule has 2 N–H and O–H groups in total. The van der Waals surface area contributed by atoms with Crippen molar-refractivity contribution in [1.29, 1.82) is 0 Å². The molecule has 3 aromatic rings. The number of hydrogen-bond acceptors (Lipinski definition) is 7. The van der Waals surface area contributed by atoms with Gasteiger partial charge < -0.3 is 15.4 Å². The van der Waals surface area contributed by atoms with Crippen LogP contribution in [0.5, 0.6) is 0 Å². The third-order valence-electron chi connectivity index (χ3n) is 6.86. The molecule has 4 heterocycles. The number of halogens is 1. The lowest BCUT2D eigenvalue weighted by atomic mass is 10.0. The van der Waals surface area contributed by atoms with Crippen LogP contribution in [-0.2, 0) is 11.2 Å². The first-order valence-electron chi connectivity index (χ1n) is 12.5. The van der Waals surface area contributed by atoms with E-state index in [0.717, 1.165) is 25.2 Å². The number of benzene rings is 1. The molecule has 8 nitrogen and oxygen atoms in total. The van der Waals surface area contributed by atoms with Gasteiger partial charge in [-0.25, -0.2) is 19.3 Å². The van der Waals surface area contributed by atoms with E-state index in [2.05, 4.69) is 31.7 Å². The number of morpholine rings is 1. The van der Waals surface area contributed by atoms with Crippen LogP contribution in [0.2, 0.25) is 0 Å². The Morgan fingerprint density at radius 1 is 1.14 bits per heavy atom. The van der Waals surface area contributed by atoms with Crippen molar-refractivity contribution in [2.75, 3.05) is 45.1 Å². The molecular formula is C28H29FN6O2. The van der Waals surface area contributed by atoms with Gasteiger partial charge in [0.25, 0.3) is 5.91 Å². The number of nitrogens with two attached hydrogens (primary N) is 1. The average molecular weight is 501 g/mol. The van der Waals surface area contributed by atoms with Crippen molar-refractivity contribution in [3.63, 3.8) is 0 Å². The predicted molar refractivity (Wildman–Crippen MR) is 138 cm³/mol. The van der Waals surface area contributed by atoms with Gasteiger partial charge in [-0.05, 0) is 37.1 Å². The van der Waals surface area contributed by atoms with Crippen molar-refractivity contribution >= 4 is 11.7 Å². The molecule has 1 aromatic carbocycles. The molecule has 1 unspecified atom stereocenters. The largest absolute Gasteiger partial charge is 0.384 e. The van der Waals surface area contributed by atoms with Crippen LogP contribution >= 0.6 is 0 Å². The Morgan fingerprint density at radius 2 is 1.97 bits per heavy atom. The summed E-state index contributed by atoms with van der Waals surface area (Å²) >= 11 is 0. The van der Waals surface area contributed by atoms with Crippen LogP contribution in [0.15, 0.2) is 42.9 Å². The monoisotopic (exact) mass is 500 g/mol. The Balaban J connectivity index is 1.39. The maximum absolute atomic E-state index is 15.3. The number of hydrogen-bond donors (Lipinski definition) is 1. The Hall–Kier alpha value is -3.87. The van der Waals surface area contributed by atoms with Gasteiger partial charge in [0, 0.05) is 49.5 Å². The first-order chi connectivity index (χ1) is 18.0. The fraction of sp³-hybridized carbons (Fsp3) is 0.357. The second-order valence-corrected chi connectivity index (χ2v) is 9.16. The summed E-state index contributed by atoms with van der Waals surface area (Å²) in [6.07, 6.45) is 4.58. The summed E-state index contributed by atoms with van der Waals surface area (Å²) in [5.74, 6) is 5.77. The van der Waals surface area contributed by atoms with E-state index >= 15 is 4.39 Å². The van der Waals surface area contributed by atoms with E-state index in [-0.39, 0.29) is 11.5 Å². The first kappa shape index (κ1) is 24.8. The van der Waals surface area contributed by atoms with Crippen molar-refractivity contribution in [1.82, 2.24) is 24.8 Å². The van der Waals surface area contributed by atoms with E-state index in [4.69, 9.17) is 10.5 Å². The fourth-order valence-corrected chi connectivity index (χ4v) is 4.83. The molecule has 1 amide bonds. The summed E-state index contributed by atoms with van der Waals surface area (Å²) in [5.41, 5.74) is 8.86. The molecule has 2 aromatic heterocycles. The molecule has 5 rings (SSSR count). The first-order valence-corrected chi connectivity index (χ1v) is 12.5. The van der Waals surface area contributed by atoms with Gasteiger partial charge in [-0.1, -0.05) is 24.8 Å². The SMILES string of the molecule is CCc1ncnc(-c2ccc(C(=O)N3CCC(N4CCOCC4)C3)c(F)c2)c1C#Cc1ccc(N)nc1. The molecule has 0 bridgehead atoms. The molecule has 0 aliphatic carbocycles. The predicted octanol–water partition coefficient (Wildman–Crippen LogP) is 2.77. The van der Waals surface area contributed by atoms with Crippen molar-refractivity contribution in [3.05, 3.63) is 71.1 Å². The molecule has 0 saturated carbocycles. The number of nitrogens with zero attached hydrogens (tertiary/aromatic N) is 5. The van der Waals surface area contributed by atoms with Crippen LogP contribution in [0.3, 0.4) is 0 Å².